The molecule has 158 valence electrons. The monoisotopic (exact) mass is 409 g/mol. The molecule has 5 nitrogen and oxygen atoms in total. The van der Waals surface area contributed by atoms with E-state index in [2.05, 4.69) is 15.6 Å². The predicted octanol–water partition coefficient (Wildman–Crippen LogP) is 3.79. The molecule has 1 aliphatic rings. The highest BCUT2D eigenvalue weighted by Gasteiger charge is 2.45. The third-order valence-electron chi connectivity index (χ3n) is 5.19. The number of hydrogen-bond acceptors (Lipinski definition) is 3. The van der Waals surface area contributed by atoms with E-state index in [4.69, 9.17) is 4.42 Å². The Balaban J connectivity index is 1.69. The van der Waals surface area contributed by atoms with Crippen LogP contribution in [0.4, 0.5) is 13.2 Å². The maximum atomic E-state index is 13.0. The van der Waals surface area contributed by atoms with Crippen LogP contribution in [0.15, 0.2) is 52.1 Å². The first-order valence-corrected chi connectivity index (χ1v) is 9.63. The number of halogens is 3. The van der Waals surface area contributed by atoms with Crippen molar-refractivity contribution in [3.8, 4) is 0 Å². The summed E-state index contributed by atoms with van der Waals surface area (Å²) in [4.78, 5) is 4.43. The summed E-state index contributed by atoms with van der Waals surface area (Å²) in [7, 11) is 0. The molecule has 1 unspecified atom stereocenters. The Morgan fingerprint density at radius 3 is 2.55 bits per heavy atom. The number of aliphatic imine (C=N–C) groups is 1. The second kappa shape index (κ2) is 8.10. The van der Waals surface area contributed by atoms with E-state index in [0.717, 1.165) is 18.9 Å². The number of benzene rings is 1. The van der Waals surface area contributed by atoms with Crippen LogP contribution in [0.25, 0.3) is 0 Å². The zero-order valence-corrected chi connectivity index (χ0v) is 16.5. The van der Waals surface area contributed by atoms with Gasteiger partial charge in [0.1, 0.15) is 11.4 Å². The predicted molar refractivity (Wildman–Crippen MR) is 105 cm³/mol. The fourth-order valence-corrected chi connectivity index (χ4v) is 3.23. The van der Waals surface area contributed by atoms with Gasteiger partial charge in [0, 0.05) is 18.5 Å². The molecule has 0 bridgehead atoms. The van der Waals surface area contributed by atoms with Crippen molar-refractivity contribution in [2.45, 2.75) is 43.9 Å². The molecule has 1 heterocycles. The highest BCUT2D eigenvalue weighted by Crippen LogP contribution is 2.48. The lowest BCUT2D eigenvalue weighted by Gasteiger charge is -2.22. The Bertz CT molecular complexity index is 841. The molecule has 2 aromatic rings. The molecule has 29 heavy (non-hydrogen) atoms. The minimum Gasteiger partial charge on any atom is -0.466 e. The Morgan fingerprint density at radius 2 is 1.97 bits per heavy atom. The molecule has 1 aliphatic carbocycles. The van der Waals surface area contributed by atoms with E-state index in [1.165, 1.54) is 18.4 Å². The zero-order valence-electron chi connectivity index (χ0n) is 16.5. The molecule has 1 saturated carbocycles. The minimum atomic E-state index is -4.35. The molecule has 0 radical (unpaired) electrons. The van der Waals surface area contributed by atoms with Crippen molar-refractivity contribution in [1.29, 1.82) is 0 Å². The summed E-state index contributed by atoms with van der Waals surface area (Å²) in [6, 6.07) is 8.91. The molecule has 8 heteroatoms. The van der Waals surface area contributed by atoms with Gasteiger partial charge in [0.15, 0.2) is 5.96 Å². The first-order valence-electron chi connectivity index (χ1n) is 9.63. The van der Waals surface area contributed by atoms with Crippen LogP contribution in [0, 0.1) is 0 Å². The number of nitrogens with zero attached hydrogens (tertiary/aromatic N) is 1. The van der Waals surface area contributed by atoms with E-state index in [1.54, 1.807) is 25.1 Å². The van der Waals surface area contributed by atoms with Crippen LogP contribution in [0.1, 0.15) is 43.6 Å². The van der Waals surface area contributed by atoms with Crippen molar-refractivity contribution in [2.24, 2.45) is 4.99 Å². The van der Waals surface area contributed by atoms with Crippen molar-refractivity contribution < 1.29 is 22.7 Å². The van der Waals surface area contributed by atoms with Gasteiger partial charge in [-0.2, -0.15) is 13.2 Å². The van der Waals surface area contributed by atoms with Gasteiger partial charge in [0.2, 0.25) is 0 Å². The van der Waals surface area contributed by atoms with Crippen molar-refractivity contribution >= 4 is 5.96 Å². The molecule has 3 rings (SSSR count). The van der Waals surface area contributed by atoms with Crippen molar-refractivity contribution in [1.82, 2.24) is 10.6 Å². The van der Waals surface area contributed by atoms with Crippen molar-refractivity contribution in [3.63, 3.8) is 0 Å². The lowest BCUT2D eigenvalue weighted by atomic mass is 9.94. The summed E-state index contributed by atoms with van der Waals surface area (Å²) < 4.78 is 44.4. The normalized spacial score (nSPS) is 18.2. The SMILES string of the molecule is CCNC(=NCC(C)(O)c1ccco1)NCC1(c2cccc(C(F)(F)F)c2)CC1. The number of rotatable bonds is 7. The zero-order chi connectivity index (χ0) is 21.1. The highest BCUT2D eigenvalue weighted by atomic mass is 19.4. The molecule has 1 aromatic carbocycles. The summed E-state index contributed by atoms with van der Waals surface area (Å²) in [6.45, 7) is 4.69. The Hall–Kier alpha value is -2.48. The van der Waals surface area contributed by atoms with Crippen molar-refractivity contribution in [2.75, 3.05) is 19.6 Å². The van der Waals surface area contributed by atoms with Crippen LogP contribution in [0.3, 0.4) is 0 Å². The fourth-order valence-electron chi connectivity index (χ4n) is 3.23. The summed E-state index contributed by atoms with van der Waals surface area (Å²) in [6.07, 6.45) is -1.24. The molecule has 0 amide bonds. The molecule has 0 spiro atoms. The van der Waals surface area contributed by atoms with Gasteiger partial charge >= 0.3 is 6.18 Å². The van der Waals surface area contributed by atoms with Gasteiger partial charge in [-0.3, -0.25) is 0 Å². The van der Waals surface area contributed by atoms with Crippen LogP contribution >= 0.6 is 0 Å². The number of aliphatic hydroxyl groups is 1. The Kier molecular flexibility index (Phi) is 5.93. The maximum absolute atomic E-state index is 13.0. The van der Waals surface area contributed by atoms with Crippen LogP contribution in [0.2, 0.25) is 0 Å². The standard InChI is InChI=1S/C21H26F3N3O2/c1-3-25-18(26-13-19(2,28)17-8-5-11-29-17)27-14-20(9-10-20)15-6-4-7-16(12-15)21(22,23)24/h4-8,11-12,28H,3,9-10,13-14H2,1-2H3,(H2,25,26,27). The number of nitrogens with one attached hydrogen (secondary N) is 2. The van der Waals surface area contributed by atoms with Gasteiger partial charge in [-0.05, 0) is 50.5 Å². The summed E-state index contributed by atoms with van der Waals surface area (Å²) in [5.74, 6) is 0.914. The van der Waals surface area contributed by atoms with Crippen LogP contribution in [-0.2, 0) is 17.2 Å². The Morgan fingerprint density at radius 1 is 1.21 bits per heavy atom. The fraction of sp³-hybridized carbons (Fsp3) is 0.476. The molecule has 1 fully saturated rings. The summed E-state index contributed by atoms with van der Waals surface area (Å²) in [5, 5.41) is 16.9. The van der Waals surface area contributed by atoms with E-state index >= 15 is 0 Å². The third-order valence-corrected chi connectivity index (χ3v) is 5.19. The topological polar surface area (TPSA) is 69.8 Å². The van der Waals surface area contributed by atoms with Crippen LogP contribution in [0.5, 0.6) is 0 Å². The van der Waals surface area contributed by atoms with Crippen LogP contribution in [-0.4, -0.2) is 30.7 Å². The van der Waals surface area contributed by atoms with Crippen molar-refractivity contribution in [3.05, 3.63) is 59.5 Å². The maximum Gasteiger partial charge on any atom is 0.416 e. The largest absolute Gasteiger partial charge is 0.466 e. The van der Waals surface area contributed by atoms with Gasteiger partial charge in [0.25, 0.3) is 0 Å². The molecule has 0 aliphatic heterocycles. The van der Waals surface area contributed by atoms with Gasteiger partial charge in [-0.1, -0.05) is 18.2 Å². The molecular formula is C21H26F3N3O2. The lowest BCUT2D eigenvalue weighted by Crippen LogP contribution is -2.42. The van der Waals surface area contributed by atoms with Crippen LogP contribution < -0.4 is 10.6 Å². The Labute approximate surface area is 168 Å². The number of furan rings is 1. The second-order valence-electron chi connectivity index (χ2n) is 7.66. The molecule has 3 N–H and O–H groups in total. The lowest BCUT2D eigenvalue weighted by molar-refractivity contribution is -0.137. The summed E-state index contributed by atoms with van der Waals surface area (Å²) in [5.41, 5.74) is -1.54. The van der Waals surface area contributed by atoms with E-state index in [0.29, 0.717) is 30.4 Å². The van der Waals surface area contributed by atoms with E-state index in [9.17, 15) is 18.3 Å². The molecule has 0 saturated heterocycles. The van der Waals surface area contributed by atoms with Gasteiger partial charge in [-0.15, -0.1) is 0 Å². The number of hydrogen-bond donors (Lipinski definition) is 3. The second-order valence-corrected chi connectivity index (χ2v) is 7.66. The highest BCUT2D eigenvalue weighted by molar-refractivity contribution is 5.80. The minimum absolute atomic E-state index is 0.0758. The quantitative estimate of drug-likeness (QED) is 0.481. The third kappa shape index (κ3) is 5.12. The van der Waals surface area contributed by atoms with E-state index in [1.807, 2.05) is 6.92 Å². The van der Waals surface area contributed by atoms with E-state index in [-0.39, 0.29) is 12.0 Å². The van der Waals surface area contributed by atoms with Gasteiger partial charge in [-0.25, -0.2) is 4.99 Å². The van der Waals surface area contributed by atoms with Gasteiger partial charge in [0.05, 0.1) is 18.4 Å². The first kappa shape index (κ1) is 21.2. The number of guanidine groups is 1. The number of alkyl halides is 3. The van der Waals surface area contributed by atoms with Gasteiger partial charge < -0.3 is 20.2 Å². The molecule has 1 atom stereocenters. The first-order chi connectivity index (χ1) is 13.7. The van der Waals surface area contributed by atoms with E-state index < -0.39 is 17.3 Å². The average molecular weight is 409 g/mol. The summed E-state index contributed by atoms with van der Waals surface area (Å²) >= 11 is 0. The smallest absolute Gasteiger partial charge is 0.416 e. The average Bonchev–Trinajstić information content (AvgIpc) is 3.25. The molecule has 1 aromatic heterocycles. The molecular weight excluding hydrogens is 383 g/mol.